The third-order valence-electron chi connectivity index (χ3n) is 3.76. The normalized spacial score (nSPS) is 10.5. The number of thiazole rings is 1. The van der Waals surface area contributed by atoms with E-state index in [0.29, 0.717) is 38.5 Å². The lowest BCUT2D eigenvalue weighted by Crippen LogP contribution is -1.99. The Balaban J connectivity index is 1.99. The van der Waals surface area contributed by atoms with Crippen molar-refractivity contribution in [1.29, 1.82) is 0 Å². The van der Waals surface area contributed by atoms with Crippen molar-refractivity contribution in [2.24, 2.45) is 0 Å². The maximum atomic E-state index is 13.1. The van der Waals surface area contributed by atoms with Crippen molar-refractivity contribution in [3.05, 3.63) is 53.2 Å². The number of carbonyl (C=O) groups is 1. The van der Waals surface area contributed by atoms with Gasteiger partial charge in [-0.05, 0) is 42.5 Å². The molecule has 27 heavy (non-hydrogen) atoms. The molecule has 0 amide bonds. The van der Waals surface area contributed by atoms with Crippen molar-refractivity contribution in [1.82, 2.24) is 4.98 Å². The minimum absolute atomic E-state index is 0.160. The first-order valence-corrected chi connectivity index (χ1v) is 8.78. The molecule has 6 nitrogen and oxygen atoms in total. The molecule has 0 aliphatic heterocycles. The fourth-order valence-corrected chi connectivity index (χ4v) is 3.52. The fraction of sp³-hybridized carbons (Fsp3) is 0.158. The van der Waals surface area contributed by atoms with Gasteiger partial charge in [-0.1, -0.05) is 0 Å². The van der Waals surface area contributed by atoms with Gasteiger partial charge in [0.25, 0.3) is 0 Å². The van der Waals surface area contributed by atoms with Crippen molar-refractivity contribution in [2.75, 3.05) is 19.5 Å². The van der Waals surface area contributed by atoms with E-state index in [0.717, 1.165) is 0 Å². The van der Waals surface area contributed by atoms with Crippen molar-refractivity contribution in [3.63, 3.8) is 0 Å². The van der Waals surface area contributed by atoms with E-state index < -0.39 is 5.97 Å². The van der Waals surface area contributed by atoms with Crippen molar-refractivity contribution in [2.45, 2.75) is 6.42 Å². The first-order chi connectivity index (χ1) is 13.0. The number of carboxylic acid groups (broad SMARTS) is 1. The molecule has 0 spiro atoms. The molecule has 0 aliphatic rings. The Bertz CT molecular complexity index is 957. The predicted octanol–water partition coefficient (Wildman–Crippen LogP) is 4.34. The van der Waals surface area contributed by atoms with Gasteiger partial charge in [0.15, 0.2) is 16.6 Å². The largest absolute Gasteiger partial charge is 0.493 e. The second-order valence-corrected chi connectivity index (χ2v) is 6.65. The molecule has 0 saturated carbocycles. The summed E-state index contributed by atoms with van der Waals surface area (Å²) >= 11 is 1.24. The number of aromatic nitrogens is 1. The standard InChI is InChI=1S/C19H17FN2O4S/c1-25-14-8-3-11(9-15(14)26-2)18-16(10-17(23)24)27-19(22-18)21-13-6-4-12(20)5-7-13/h3-9H,10H2,1-2H3,(H,21,22)(H,23,24). The smallest absolute Gasteiger partial charge is 0.308 e. The highest BCUT2D eigenvalue weighted by atomic mass is 32.1. The summed E-state index contributed by atoms with van der Waals surface area (Å²) in [6.45, 7) is 0. The van der Waals surface area contributed by atoms with E-state index in [1.165, 1.54) is 30.6 Å². The van der Waals surface area contributed by atoms with Crippen LogP contribution < -0.4 is 14.8 Å². The zero-order valence-corrected chi connectivity index (χ0v) is 15.5. The highest BCUT2D eigenvalue weighted by Crippen LogP contribution is 2.37. The summed E-state index contributed by atoms with van der Waals surface area (Å²) in [5, 5.41) is 12.8. The van der Waals surface area contributed by atoms with Crippen molar-refractivity contribution < 1.29 is 23.8 Å². The third-order valence-corrected chi connectivity index (χ3v) is 4.73. The average molecular weight is 388 g/mol. The zero-order chi connectivity index (χ0) is 19.4. The number of hydrogen-bond acceptors (Lipinski definition) is 6. The van der Waals surface area contributed by atoms with Gasteiger partial charge in [0.1, 0.15) is 5.82 Å². The van der Waals surface area contributed by atoms with E-state index in [4.69, 9.17) is 9.47 Å². The van der Waals surface area contributed by atoms with E-state index in [2.05, 4.69) is 10.3 Å². The molecule has 140 valence electrons. The van der Waals surface area contributed by atoms with Crippen LogP contribution in [0.3, 0.4) is 0 Å². The molecule has 0 fully saturated rings. The van der Waals surface area contributed by atoms with Crippen LogP contribution in [0, 0.1) is 5.82 Å². The molecule has 2 aromatic carbocycles. The van der Waals surface area contributed by atoms with Crippen LogP contribution in [-0.4, -0.2) is 30.3 Å². The SMILES string of the molecule is COc1ccc(-c2nc(Nc3ccc(F)cc3)sc2CC(=O)O)cc1OC. The third kappa shape index (κ3) is 4.35. The van der Waals surface area contributed by atoms with Crippen LogP contribution in [0.4, 0.5) is 15.2 Å². The number of nitrogens with one attached hydrogen (secondary N) is 1. The number of methoxy groups -OCH3 is 2. The van der Waals surface area contributed by atoms with Crippen LogP contribution in [0.25, 0.3) is 11.3 Å². The van der Waals surface area contributed by atoms with E-state index in [9.17, 15) is 14.3 Å². The molecule has 0 bridgehead atoms. The van der Waals surface area contributed by atoms with E-state index in [-0.39, 0.29) is 12.2 Å². The Kier molecular flexibility index (Phi) is 5.56. The number of benzene rings is 2. The van der Waals surface area contributed by atoms with Crippen LogP contribution in [0.2, 0.25) is 0 Å². The number of nitrogens with zero attached hydrogens (tertiary/aromatic N) is 1. The summed E-state index contributed by atoms with van der Waals surface area (Å²) in [6.07, 6.45) is -0.160. The first kappa shape index (κ1) is 18.7. The lowest BCUT2D eigenvalue weighted by molar-refractivity contribution is -0.136. The highest BCUT2D eigenvalue weighted by molar-refractivity contribution is 7.16. The van der Waals surface area contributed by atoms with Gasteiger partial charge in [-0.2, -0.15) is 0 Å². The minimum Gasteiger partial charge on any atom is -0.493 e. The molecular formula is C19H17FN2O4S. The number of hydrogen-bond donors (Lipinski definition) is 2. The molecule has 0 saturated heterocycles. The van der Waals surface area contributed by atoms with Gasteiger partial charge >= 0.3 is 5.97 Å². The summed E-state index contributed by atoms with van der Waals surface area (Å²) in [5.41, 5.74) is 1.92. The Morgan fingerprint density at radius 2 is 1.85 bits per heavy atom. The van der Waals surface area contributed by atoms with Gasteiger partial charge in [-0.25, -0.2) is 9.37 Å². The Labute approximate surface area is 159 Å². The molecule has 0 atom stereocenters. The highest BCUT2D eigenvalue weighted by Gasteiger charge is 2.18. The number of carboxylic acids is 1. The van der Waals surface area contributed by atoms with E-state index in [1.54, 1.807) is 37.4 Å². The lowest BCUT2D eigenvalue weighted by Gasteiger charge is -2.09. The van der Waals surface area contributed by atoms with Gasteiger partial charge in [0.05, 0.1) is 26.3 Å². The Morgan fingerprint density at radius 1 is 1.15 bits per heavy atom. The predicted molar refractivity (Wildman–Crippen MR) is 102 cm³/mol. The molecule has 1 heterocycles. The second kappa shape index (κ2) is 8.05. The molecule has 3 rings (SSSR count). The summed E-state index contributed by atoms with van der Waals surface area (Å²) in [6, 6.07) is 11.1. The summed E-state index contributed by atoms with van der Waals surface area (Å²) < 4.78 is 23.6. The molecule has 1 aromatic heterocycles. The molecule has 0 aliphatic carbocycles. The Hall–Kier alpha value is -3.13. The molecular weight excluding hydrogens is 371 g/mol. The second-order valence-electron chi connectivity index (χ2n) is 5.56. The number of anilines is 2. The van der Waals surface area contributed by atoms with E-state index >= 15 is 0 Å². The van der Waals surface area contributed by atoms with Gasteiger partial charge in [-0.3, -0.25) is 4.79 Å². The quantitative estimate of drug-likeness (QED) is 0.627. The van der Waals surface area contributed by atoms with Crippen LogP contribution in [-0.2, 0) is 11.2 Å². The average Bonchev–Trinajstić information content (AvgIpc) is 3.04. The lowest BCUT2D eigenvalue weighted by atomic mass is 10.1. The summed E-state index contributed by atoms with van der Waals surface area (Å²) in [7, 11) is 3.07. The maximum Gasteiger partial charge on any atom is 0.308 e. The Morgan fingerprint density at radius 3 is 2.48 bits per heavy atom. The zero-order valence-electron chi connectivity index (χ0n) is 14.7. The topological polar surface area (TPSA) is 80.7 Å². The van der Waals surface area contributed by atoms with Crippen LogP contribution >= 0.6 is 11.3 Å². The molecule has 3 aromatic rings. The van der Waals surface area contributed by atoms with Crippen molar-refractivity contribution >= 4 is 28.1 Å². The number of aliphatic carboxylic acids is 1. The number of ether oxygens (including phenoxy) is 2. The van der Waals surface area contributed by atoms with Gasteiger partial charge in [-0.15, -0.1) is 11.3 Å². The minimum atomic E-state index is -0.950. The fourth-order valence-electron chi connectivity index (χ4n) is 2.53. The molecule has 8 heteroatoms. The monoisotopic (exact) mass is 388 g/mol. The number of rotatable bonds is 7. The van der Waals surface area contributed by atoms with Crippen LogP contribution in [0.1, 0.15) is 4.88 Å². The van der Waals surface area contributed by atoms with Gasteiger partial charge in [0.2, 0.25) is 0 Å². The summed E-state index contributed by atoms with van der Waals surface area (Å²) in [4.78, 5) is 16.4. The molecule has 0 radical (unpaired) electrons. The van der Waals surface area contributed by atoms with Crippen molar-refractivity contribution in [3.8, 4) is 22.8 Å². The number of halogens is 1. The van der Waals surface area contributed by atoms with E-state index in [1.807, 2.05) is 0 Å². The molecule has 2 N–H and O–H groups in total. The van der Waals surface area contributed by atoms with Gasteiger partial charge in [0, 0.05) is 16.1 Å². The summed E-state index contributed by atoms with van der Waals surface area (Å²) in [5.74, 6) is -0.191. The van der Waals surface area contributed by atoms with Gasteiger partial charge < -0.3 is 19.9 Å². The maximum absolute atomic E-state index is 13.1. The molecule has 0 unspecified atom stereocenters. The first-order valence-electron chi connectivity index (χ1n) is 7.96. The van der Waals surface area contributed by atoms with Crippen LogP contribution in [0.15, 0.2) is 42.5 Å². The van der Waals surface area contributed by atoms with Crippen LogP contribution in [0.5, 0.6) is 11.5 Å².